The van der Waals surface area contributed by atoms with Crippen molar-refractivity contribution in [3.63, 3.8) is 0 Å². The Labute approximate surface area is 163 Å². The molecule has 0 bridgehead atoms. The fourth-order valence-electron chi connectivity index (χ4n) is 4.16. The Balaban J connectivity index is 1.91. The molecule has 2 atom stereocenters. The fraction of sp³-hybridized carbons (Fsp3) is 0.318. The maximum atomic E-state index is 12.0. The van der Waals surface area contributed by atoms with Crippen LogP contribution >= 0.6 is 11.3 Å². The summed E-state index contributed by atoms with van der Waals surface area (Å²) >= 11 is 1.71. The van der Waals surface area contributed by atoms with Gasteiger partial charge in [-0.1, -0.05) is 42.8 Å². The van der Waals surface area contributed by atoms with Crippen LogP contribution in [0.2, 0.25) is 0 Å². The molecule has 0 aliphatic carbocycles. The predicted octanol–water partition coefficient (Wildman–Crippen LogP) is 4.94. The first-order chi connectivity index (χ1) is 13.2. The second-order valence-electron chi connectivity index (χ2n) is 6.92. The number of hydrogen-bond acceptors (Lipinski definition) is 4. The lowest BCUT2D eigenvalue weighted by molar-refractivity contribution is -0.145. The van der Waals surface area contributed by atoms with E-state index in [9.17, 15) is 9.90 Å². The molecule has 5 heteroatoms. The monoisotopic (exact) mass is 381 g/mol. The van der Waals surface area contributed by atoms with E-state index >= 15 is 0 Å². The number of ether oxygens (including phenoxy) is 1. The fourth-order valence-corrected chi connectivity index (χ4v) is 5.14. The van der Waals surface area contributed by atoms with Gasteiger partial charge in [0, 0.05) is 10.3 Å². The van der Waals surface area contributed by atoms with Gasteiger partial charge in [0.05, 0.1) is 13.2 Å². The van der Waals surface area contributed by atoms with Gasteiger partial charge in [-0.15, -0.1) is 11.3 Å². The van der Waals surface area contributed by atoms with Crippen LogP contribution in [0.4, 0.5) is 0 Å². The maximum absolute atomic E-state index is 12.0. The summed E-state index contributed by atoms with van der Waals surface area (Å²) in [6.07, 6.45) is 2.65. The molecule has 0 radical (unpaired) electrons. The lowest BCUT2D eigenvalue weighted by atomic mass is 9.91. The number of thiophene rings is 1. The topological polar surface area (TPSA) is 49.8 Å². The van der Waals surface area contributed by atoms with Crippen LogP contribution in [-0.2, 0) is 4.79 Å². The normalized spacial score (nSPS) is 19.1. The number of rotatable bonds is 5. The summed E-state index contributed by atoms with van der Waals surface area (Å²) in [7, 11) is 1.67. The van der Waals surface area contributed by atoms with Crippen molar-refractivity contribution in [1.29, 1.82) is 0 Å². The molecule has 1 saturated heterocycles. The number of carboxylic acid groups (broad SMARTS) is 1. The molecule has 0 amide bonds. The number of methoxy groups -OCH3 is 1. The van der Waals surface area contributed by atoms with Gasteiger partial charge < -0.3 is 9.84 Å². The number of para-hydroxylation sites is 1. The Morgan fingerprint density at radius 2 is 1.93 bits per heavy atom. The molecular weight excluding hydrogens is 358 g/mol. The minimum atomic E-state index is -0.742. The highest BCUT2D eigenvalue weighted by Crippen LogP contribution is 2.42. The minimum Gasteiger partial charge on any atom is -0.496 e. The Morgan fingerprint density at radius 3 is 2.74 bits per heavy atom. The Kier molecular flexibility index (Phi) is 5.14. The first kappa shape index (κ1) is 18.0. The first-order valence-corrected chi connectivity index (χ1v) is 10.2. The second-order valence-corrected chi connectivity index (χ2v) is 7.83. The largest absolute Gasteiger partial charge is 0.496 e. The maximum Gasteiger partial charge on any atom is 0.320 e. The summed E-state index contributed by atoms with van der Waals surface area (Å²) in [5.41, 5.74) is 2.19. The van der Waals surface area contributed by atoms with Crippen LogP contribution < -0.4 is 4.74 Å². The Hall–Kier alpha value is -2.37. The second kappa shape index (κ2) is 7.71. The number of fused-ring (bicyclic) bond motifs is 1. The molecule has 1 aromatic heterocycles. The first-order valence-electron chi connectivity index (χ1n) is 9.28. The molecule has 27 heavy (non-hydrogen) atoms. The van der Waals surface area contributed by atoms with Gasteiger partial charge >= 0.3 is 5.97 Å². The number of hydrogen-bond donors (Lipinski definition) is 1. The van der Waals surface area contributed by atoms with Crippen LogP contribution in [0.15, 0.2) is 53.9 Å². The summed E-state index contributed by atoms with van der Waals surface area (Å²) in [5.74, 6) is 0.0571. The number of aliphatic carboxylic acids is 1. The van der Waals surface area contributed by atoms with Crippen LogP contribution in [0.25, 0.3) is 10.1 Å². The molecule has 0 spiro atoms. The van der Waals surface area contributed by atoms with Gasteiger partial charge in [0.15, 0.2) is 0 Å². The summed E-state index contributed by atoms with van der Waals surface area (Å²) in [4.78, 5) is 14.2. The van der Waals surface area contributed by atoms with E-state index in [0.29, 0.717) is 6.42 Å². The zero-order valence-corrected chi connectivity index (χ0v) is 16.1. The van der Waals surface area contributed by atoms with E-state index in [0.717, 1.165) is 36.3 Å². The van der Waals surface area contributed by atoms with Crippen LogP contribution in [0.1, 0.15) is 36.4 Å². The molecule has 1 aliphatic heterocycles. The van der Waals surface area contributed by atoms with E-state index in [1.165, 1.54) is 10.1 Å². The van der Waals surface area contributed by atoms with Gasteiger partial charge in [-0.05, 0) is 47.8 Å². The molecule has 1 N–H and O–H groups in total. The SMILES string of the molecule is COc1ccccc1C(c1csc2ccccc12)N1CCCCC1C(=O)O. The number of carboxylic acids is 1. The van der Waals surface area contributed by atoms with Gasteiger partial charge in [0.1, 0.15) is 11.8 Å². The molecule has 2 aromatic carbocycles. The van der Waals surface area contributed by atoms with E-state index in [1.54, 1.807) is 18.4 Å². The molecule has 4 nitrogen and oxygen atoms in total. The quantitative estimate of drug-likeness (QED) is 0.680. The average molecular weight is 381 g/mol. The van der Waals surface area contributed by atoms with Crippen molar-refractivity contribution < 1.29 is 14.6 Å². The summed E-state index contributed by atoms with van der Waals surface area (Å²) < 4.78 is 6.87. The van der Waals surface area contributed by atoms with Gasteiger partial charge in [-0.2, -0.15) is 0 Å². The van der Waals surface area contributed by atoms with E-state index in [-0.39, 0.29) is 6.04 Å². The van der Waals surface area contributed by atoms with Gasteiger partial charge in [-0.3, -0.25) is 9.69 Å². The van der Waals surface area contributed by atoms with Crippen molar-refractivity contribution in [3.05, 3.63) is 65.0 Å². The molecule has 1 fully saturated rings. The standard InChI is InChI=1S/C22H23NO3S/c1-26-19-11-4-2-9-16(19)21(23-13-7-6-10-18(23)22(24)25)17-14-27-20-12-5-3-8-15(17)20/h2-5,8-9,11-12,14,18,21H,6-7,10,13H2,1H3,(H,24,25). The highest BCUT2D eigenvalue weighted by molar-refractivity contribution is 7.17. The van der Waals surface area contributed by atoms with Crippen molar-refractivity contribution in [2.45, 2.75) is 31.3 Å². The number of benzene rings is 2. The lowest BCUT2D eigenvalue weighted by Crippen LogP contribution is -2.46. The predicted molar refractivity (Wildman–Crippen MR) is 109 cm³/mol. The third-order valence-corrected chi connectivity index (χ3v) is 6.38. The highest BCUT2D eigenvalue weighted by Gasteiger charge is 2.37. The van der Waals surface area contributed by atoms with Gasteiger partial charge in [0.2, 0.25) is 0 Å². The molecule has 4 rings (SSSR count). The Bertz CT molecular complexity index is 951. The van der Waals surface area contributed by atoms with Crippen LogP contribution in [0, 0.1) is 0 Å². The summed E-state index contributed by atoms with van der Waals surface area (Å²) in [6.45, 7) is 0.768. The molecular formula is C22H23NO3S. The van der Waals surface area contributed by atoms with Crippen LogP contribution in [0.5, 0.6) is 5.75 Å². The highest BCUT2D eigenvalue weighted by atomic mass is 32.1. The average Bonchev–Trinajstić information content (AvgIpc) is 3.13. The molecule has 0 saturated carbocycles. The zero-order chi connectivity index (χ0) is 18.8. The third kappa shape index (κ3) is 3.33. The van der Waals surface area contributed by atoms with E-state index in [2.05, 4.69) is 28.5 Å². The van der Waals surface area contributed by atoms with Crippen LogP contribution in [0.3, 0.4) is 0 Å². The van der Waals surface area contributed by atoms with Crippen molar-refractivity contribution in [1.82, 2.24) is 4.90 Å². The van der Waals surface area contributed by atoms with E-state index in [4.69, 9.17) is 4.74 Å². The molecule has 2 heterocycles. The van der Waals surface area contributed by atoms with Crippen LogP contribution in [-0.4, -0.2) is 35.7 Å². The van der Waals surface area contributed by atoms with Crippen molar-refractivity contribution >= 4 is 27.4 Å². The lowest BCUT2D eigenvalue weighted by Gasteiger charge is -2.39. The number of nitrogens with zero attached hydrogens (tertiary/aromatic N) is 1. The van der Waals surface area contributed by atoms with Crippen molar-refractivity contribution in [2.24, 2.45) is 0 Å². The smallest absolute Gasteiger partial charge is 0.320 e. The molecule has 1 aliphatic rings. The molecule has 140 valence electrons. The third-order valence-electron chi connectivity index (χ3n) is 5.40. The number of carbonyl (C=O) groups is 1. The molecule has 3 aromatic rings. The Morgan fingerprint density at radius 1 is 1.15 bits per heavy atom. The van der Waals surface area contributed by atoms with Gasteiger partial charge in [-0.25, -0.2) is 0 Å². The number of piperidine rings is 1. The van der Waals surface area contributed by atoms with Gasteiger partial charge in [0.25, 0.3) is 0 Å². The number of likely N-dealkylation sites (tertiary alicyclic amines) is 1. The van der Waals surface area contributed by atoms with Crippen molar-refractivity contribution in [2.75, 3.05) is 13.7 Å². The van der Waals surface area contributed by atoms with E-state index < -0.39 is 12.0 Å². The molecule has 2 unspecified atom stereocenters. The zero-order valence-electron chi connectivity index (χ0n) is 15.3. The minimum absolute atomic E-state index is 0.140. The van der Waals surface area contributed by atoms with E-state index in [1.807, 2.05) is 30.3 Å². The summed E-state index contributed by atoms with van der Waals surface area (Å²) in [5, 5.41) is 13.2. The summed E-state index contributed by atoms with van der Waals surface area (Å²) in [6, 6.07) is 15.7. The van der Waals surface area contributed by atoms with Crippen molar-refractivity contribution in [3.8, 4) is 5.75 Å².